The molecule has 0 fully saturated rings. The fraction of sp³-hybridized carbons (Fsp3) is 0.250. The standard InChI is InChI=1S/C24H23F4N3O2S/c1-2-31(14-21(32)29-19-7-4-3-6-18(19)24(26,27)28)15-22(33)30-23(20-8-5-13-34-20)16-9-11-17(25)12-10-16/h3-13,23H,2,14-15H2,1H3,(H,29,32)(H,30,33)/t23-/m1/s1. The molecule has 1 aromatic heterocycles. The molecule has 180 valence electrons. The third-order valence-electron chi connectivity index (χ3n) is 5.02. The molecule has 0 spiro atoms. The second-order valence-electron chi connectivity index (χ2n) is 7.46. The Labute approximate surface area is 198 Å². The van der Waals surface area contributed by atoms with Gasteiger partial charge in [0.05, 0.1) is 30.4 Å². The number of nitrogens with one attached hydrogen (secondary N) is 2. The molecule has 3 rings (SSSR count). The van der Waals surface area contributed by atoms with E-state index in [0.717, 1.165) is 10.9 Å². The highest BCUT2D eigenvalue weighted by molar-refractivity contribution is 7.10. The first-order valence-electron chi connectivity index (χ1n) is 10.4. The van der Waals surface area contributed by atoms with Crippen molar-refractivity contribution in [2.75, 3.05) is 25.0 Å². The van der Waals surface area contributed by atoms with Gasteiger partial charge in [-0.2, -0.15) is 13.2 Å². The molecule has 0 radical (unpaired) electrons. The molecule has 1 atom stereocenters. The van der Waals surface area contributed by atoms with E-state index >= 15 is 0 Å². The summed E-state index contributed by atoms with van der Waals surface area (Å²) in [7, 11) is 0. The quantitative estimate of drug-likeness (QED) is 0.409. The lowest BCUT2D eigenvalue weighted by molar-refractivity contribution is -0.137. The van der Waals surface area contributed by atoms with Crippen LogP contribution in [-0.4, -0.2) is 36.3 Å². The van der Waals surface area contributed by atoms with Crippen LogP contribution in [0.25, 0.3) is 0 Å². The number of halogens is 4. The number of alkyl halides is 3. The number of amides is 2. The second kappa shape index (κ2) is 11.3. The average molecular weight is 494 g/mol. The summed E-state index contributed by atoms with van der Waals surface area (Å²) in [5.74, 6) is -1.44. The van der Waals surface area contributed by atoms with Crippen molar-refractivity contribution in [3.63, 3.8) is 0 Å². The summed E-state index contributed by atoms with van der Waals surface area (Å²) < 4.78 is 52.8. The fourth-order valence-corrected chi connectivity index (χ4v) is 4.15. The first-order chi connectivity index (χ1) is 16.2. The third-order valence-corrected chi connectivity index (χ3v) is 5.96. The summed E-state index contributed by atoms with van der Waals surface area (Å²) in [6, 6.07) is 13.7. The van der Waals surface area contributed by atoms with Crippen molar-refractivity contribution in [3.05, 3.63) is 87.9 Å². The van der Waals surface area contributed by atoms with Crippen LogP contribution in [0.4, 0.5) is 23.2 Å². The second-order valence-corrected chi connectivity index (χ2v) is 8.44. The SMILES string of the molecule is CCN(CC(=O)Nc1ccccc1C(F)(F)F)CC(=O)N[C@H](c1ccc(F)cc1)c1cccs1. The van der Waals surface area contributed by atoms with E-state index in [-0.39, 0.29) is 24.7 Å². The van der Waals surface area contributed by atoms with E-state index in [4.69, 9.17) is 0 Å². The largest absolute Gasteiger partial charge is 0.418 e. The van der Waals surface area contributed by atoms with E-state index in [1.807, 2.05) is 17.5 Å². The van der Waals surface area contributed by atoms with Crippen LogP contribution in [0, 0.1) is 5.82 Å². The highest BCUT2D eigenvalue weighted by Gasteiger charge is 2.33. The van der Waals surface area contributed by atoms with Crippen LogP contribution in [0.15, 0.2) is 66.0 Å². The van der Waals surface area contributed by atoms with Crippen LogP contribution in [0.2, 0.25) is 0 Å². The molecule has 0 saturated carbocycles. The molecule has 1 heterocycles. The summed E-state index contributed by atoms with van der Waals surface area (Å²) >= 11 is 1.43. The first-order valence-corrected chi connectivity index (χ1v) is 11.3. The molecule has 5 nitrogen and oxygen atoms in total. The lowest BCUT2D eigenvalue weighted by Gasteiger charge is -2.23. The summed E-state index contributed by atoms with van der Waals surface area (Å²) in [5.41, 5.74) is -0.585. The molecule has 0 aliphatic heterocycles. The molecule has 3 aromatic rings. The molecule has 0 bridgehead atoms. The van der Waals surface area contributed by atoms with Crippen molar-refractivity contribution < 1.29 is 27.2 Å². The molecule has 2 aromatic carbocycles. The fourth-order valence-electron chi connectivity index (χ4n) is 3.35. The maximum atomic E-state index is 13.3. The van der Waals surface area contributed by atoms with E-state index in [2.05, 4.69) is 10.6 Å². The van der Waals surface area contributed by atoms with Crippen LogP contribution in [0.1, 0.15) is 29.0 Å². The van der Waals surface area contributed by atoms with E-state index in [0.29, 0.717) is 12.1 Å². The Morgan fingerprint density at radius 1 is 0.971 bits per heavy atom. The van der Waals surface area contributed by atoms with Gasteiger partial charge in [0.2, 0.25) is 11.8 Å². The minimum atomic E-state index is -4.61. The van der Waals surface area contributed by atoms with E-state index in [1.54, 1.807) is 19.1 Å². The Bertz CT molecular complexity index is 1100. The van der Waals surface area contributed by atoms with Crippen molar-refractivity contribution in [3.8, 4) is 0 Å². The van der Waals surface area contributed by atoms with Gasteiger partial charge < -0.3 is 10.6 Å². The molecular weight excluding hydrogens is 470 g/mol. The van der Waals surface area contributed by atoms with Crippen LogP contribution in [-0.2, 0) is 15.8 Å². The predicted molar refractivity (Wildman–Crippen MR) is 123 cm³/mol. The van der Waals surface area contributed by atoms with Crippen molar-refractivity contribution in [1.29, 1.82) is 0 Å². The molecule has 0 aliphatic carbocycles. The number of nitrogens with zero attached hydrogens (tertiary/aromatic N) is 1. The van der Waals surface area contributed by atoms with Crippen LogP contribution in [0.5, 0.6) is 0 Å². The van der Waals surface area contributed by atoms with Crippen molar-refractivity contribution >= 4 is 28.8 Å². The number of para-hydroxylation sites is 1. The maximum absolute atomic E-state index is 13.3. The van der Waals surface area contributed by atoms with Gasteiger partial charge in [0.15, 0.2) is 0 Å². The lowest BCUT2D eigenvalue weighted by atomic mass is 10.1. The van der Waals surface area contributed by atoms with Crippen LogP contribution < -0.4 is 10.6 Å². The Kier molecular flexibility index (Phi) is 8.41. The number of carbonyl (C=O) groups excluding carboxylic acids is 2. The zero-order valence-corrected chi connectivity index (χ0v) is 19.0. The maximum Gasteiger partial charge on any atom is 0.418 e. The number of rotatable bonds is 9. The number of thiophene rings is 1. The summed E-state index contributed by atoms with van der Waals surface area (Å²) in [6.45, 7) is 1.65. The minimum Gasteiger partial charge on any atom is -0.343 e. The number of hydrogen-bond donors (Lipinski definition) is 2. The molecule has 0 unspecified atom stereocenters. The van der Waals surface area contributed by atoms with Crippen LogP contribution >= 0.6 is 11.3 Å². The monoisotopic (exact) mass is 493 g/mol. The lowest BCUT2D eigenvalue weighted by Crippen LogP contribution is -2.42. The van der Waals surface area contributed by atoms with Gasteiger partial charge in [-0.3, -0.25) is 14.5 Å². The van der Waals surface area contributed by atoms with E-state index in [1.165, 1.54) is 46.6 Å². The van der Waals surface area contributed by atoms with Gasteiger partial charge in [0.1, 0.15) is 5.82 Å². The topological polar surface area (TPSA) is 61.4 Å². The zero-order valence-electron chi connectivity index (χ0n) is 18.2. The van der Waals surface area contributed by atoms with Gasteiger partial charge >= 0.3 is 6.18 Å². The number of benzene rings is 2. The summed E-state index contributed by atoms with van der Waals surface area (Å²) in [6.07, 6.45) is -4.61. The van der Waals surface area contributed by atoms with E-state index in [9.17, 15) is 27.2 Å². The van der Waals surface area contributed by atoms with Gasteiger partial charge in [-0.25, -0.2) is 4.39 Å². The molecule has 34 heavy (non-hydrogen) atoms. The van der Waals surface area contributed by atoms with Gasteiger partial charge in [-0.15, -0.1) is 11.3 Å². The Hall–Kier alpha value is -3.24. The number of carbonyl (C=O) groups is 2. The first kappa shape index (κ1) is 25.4. The number of anilines is 1. The van der Waals surface area contributed by atoms with Crippen molar-refractivity contribution in [2.45, 2.75) is 19.1 Å². The minimum absolute atomic E-state index is 0.145. The van der Waals surface area contributed by atoms with Gasteiger partial charge in [-0.05, 0) is 47.8 Å². The highest BCUT2D eigenvalue weighted by Crippen LogP contribution is 2.34. The molecule has 2 amide bonds. The zero-order chi connectivity index (χ0) is 24.7. The Morgan fingerprint density at radius 3 is 2.26 bits per heavy atom. The third kappa shape index (κ3) is 6.88. The van der Waals surface area contributed by atoms with Crippen molar-refractivity contribution in [2.24, 2.45) is 0 Å². The van der Waals surface area contributed by atoms with Gasteiger partial charge in [-0.1, -0.05) is 37.3 Å². The van der Waals surface area contributed by atoms with Crippen LogP contribution in [0.3, 0.4) is 0 Å². The summed E-state index contributed by atoms with van der Waals surface area (Å²) in [4.78, 5) is 27.6. The molecule has 0 aliphatic rings. The van der Waals surface area contributed by atoms with E-state index < -0.39 is 29.5 Å². The highest BCUT2D eigenvalue weighted by atomic mass is 32.1. The average Bonchev–Trinajstić information content (AvgIpc) is 3.32. The molecule has 2 N–H and O–H groups in total. The number of likely N-dealkylation sites (N-methyl/N-ethyl adjacent to an activating group) is 1. The Morgan fingerprint density at radius 2 is 1.65 bits per heavy atom. The molecular formula is C24H23F4N3O2S. The van der Waals surface area contributed by atoms with Gasteiger partial charge in [0.25, 0.3) is 0 Å². The number of hydrogen-bond acceptors (Lipinski definition) is 4. The predicted octanol–water partition coefficient (Wildman–Crippen LogP) is 5.07. The molecule has 0 saturated heterocycles. The molecule has 10 heteroatoms. The summed E-state index contributed by atoms with van der Waals surface area (Å²) in [5, 5.41) is 7.04. The van der Waals surface area contributed by atoms with Gasteiger partial charge in [0, 0.05) is 4.88 Å². The smallest absolute Gasteiger partial charge is 0.343 e. The van der Waals surface area contributed by atoms with Crippen molar-refractivity contribution in [1.82, 2.24) is 10.2 Å². The Balaban J connectivity index is 1.65. The normalized spacial score (nSPS) is 12.4.